The summed E-state index contributed by atoms with van der Waals surface area (Å²) in [5.74, 6) is 0.318. The smallest absolute Gasteiger partial charge is 0.122 e. The lowest BCUT2D eigenvalue weighted by Gasteiger charge is -2.36. The number of benzene rings is 1. The maximum absolute atomic E-state index is 10.3. The second kappa shape index (κ2) is 7.14. The number of rotatable bonds is 5. The fourth-order valence-corrected chi connectivity index (χ4v) is 3.27. The van der Waals surface area contributed by atoms with Gasteiger partial charge in [-0.3, -0.25) is 0 Å². The molecule has 21 heavy (non-hydrogen) atoms. The van der Waals surface area contributed by atoms with Crippen molar-refractivity contribution in [3.8, 4) is 5.75 Å². The molecule has 0 spiro atoms. The number of phenols is 1. The van der Waals surface area contributed by atoms with Gasteiger partial charge < -0.3 is 20.4 Å². The van der Waals surface area contributed by atoms with E-state index in [4.69, 9.17) is 0 Å². The van der Waals surface area contributed by atoms with Gasteiger partial charge in [0.15, 0.2) is 0 Å². The van der Waals surface area contributed by atoms with Gasteiger partial charge in [0.25, 0.3) is 0 Å². The van der Waals surface area contributed by atoms with Crippen LogP contribution >= 0.6 is 0 Å². The lowest BCUT2D eigenvalue weighted by atomic mass is 9.91. The van der Waals surface area contributed by atoms with Crippen LogP contribution in [-0.4, -0.2) is 36.0 Å². The Labute approximate surface area is 127 Å². The predicted molar refractivity (Wildman–Crippen MR) is 86.9 cm³/mol. The summed E-state index contributed by atoms with van der Waals surface area (Å²) in [6.07, 6.45) is 3.87. The monoisotopic (exact) mass is 292 g/mol. The van der Waals surface area contributed by atoms with Gasteiger partial charge in [-0.2, -0.15) is 0 Å². The summed E-state index contributed by atoms with van der Waals surface area (Å²) >= 11 is 0. The highest BCUT2D eigenvalue weighted by molar-refractivity contribution is 5.54. The fraction of sp³-hybridized carbons (Fsp3) is 0.647. The van der Waals surface area contributed by atoms with Gasteiger partial charge in [0.1, 0.15) is 5.75 Å². The molecule has 1 aromatic rings. The quantitative estimate of drug-likeness (QED) is 0.781. The van der Waals surface area contributed by atoms with Crippen molar-refractivity contribution in [3.63, 3.8) is 0 Å². The van der Waals surface area contributed by atoms with Crippen LogP contribution in [0, 0.1) is 0 Å². The summed E-state index contributed by atoms with van der Waals surface area (Å²) in [5.41, 5.74) is 1.88. The number of nitrogens with zero attached hydrogens (tertiary/aromatic N) is 1. The Morgan fingerprint density at radius 3 is 2.67 bits per heavy atom. The summed E-state index contributed by atoms with van der Waals surface area (Å²) in [5, 5.41) is 23.7. The number of hydrogen-bond acceptors (Lipinski definition) is 4. The highest BCUT2D eigenvalue weighted by atomic mass is 16.3. The highest BCUT2D eigenvalue weighted by Crippen LogP contribution is 2.32. The van der Waals surface area contributed by atoms with E-state index in [9.17, 15) is 10.2 Å². The molecule has 0 aromatic heterocycles. The van der Waals surface area contributed by atoms with Crippen LogP contribution in [0.25, 0.3) is 0 Å². The van der Waals surface area contributed by atoms with E-state index >= 15 is 0 Å². The zero-order valence-corrected chi connectivity index (χ0v) is 13.3. The summed E-state index contributed by atoms with van der Waals surface area (Å²) < 4.78 is 0. The Balaban J connectivity index is 2.15. The molecule has 3 atom stereocenters. The Hall–Kier alpha value is -1.26. The third-order valence-corrected chi connectivity index (χ3v) is 4.59. The zero-order chi connectivity index (χ0) is 15.4. The van der Waals surface area contributed by atoms with Gasteiger partial charge in [-0.05, 0) is 32.4 Å². The first kappa shape index (κ1) is 16.1. The Kier molecular flexibility index (Phi) is 5.48. The van der Waals surface area contributed by atoms with Crippen molar-refractivity contribution in [3.05, 3.63) is 23.8 Å². The fourth-order valence-electron chi connectivity index (χ4n) is 3.27. The van der Waals surface area contributed by atoms with Crippen LogP contribution in [0.4, 0.5) is 5.69 Å². The molecule has 1 fully saturated rings. The molecular formula is C17H28N2O2. The van der Waals surface area contributed by atoms with E-state index in [2.05, 4.69) is 17.1 Å². The molecule has 0 radical (unpaired) electrons. The van der Waals surface area contributed by atoms with Crippen LogP contribution in [0.2, 0.25) is 0 Å². The second-order valence-corrected chi connectivity index (χ2v) is 6.05. The first-order chi connectivity index (χ1) is 10.0. The largest absolute Gasteiger partial charge is 0.508 e. The SMILES string of the molecule is CCNC(C)c1ccc(N(C)C2CCCCC2O)cc1O. The Morgan fingerprint density at radius 2 is 2.05 bits per heavy atom. The first-order valence-corrected chi connectivity index (χ1v) is 8.01. The van der Waals surface area contributed by atoms with Crippen LogP contribution in [0.5, 0.6) is 5.75 Å². The molecule has 0 saturated heterocycles. The van der Waals surface area contributed by atoms with Crippen molar-refractivity contribution >= 4 is 5.69 Å². The summed E-state index contributed by atoms with van der Waals surface area (Å²) in [6, 6.07) is 6.10. The van der Waals surface area contributed by atoms with Crippen molar-refractivity contribution in [2.45, 2.75) is 57.7 Å². The summed E-state index contributed by atoms with van der Waals surface area (Å²) in [6.45, 7) is 4.98. The van der Waals surface area contributed by atoms with Crippen LogP contribution in [0.3, 0.4) is 0 Å². The van der Waals surface area contributed by atoms with E-state index in [1.54, 1.807) is 0 Å². The molecule has 3 unspecified atom stereocenters. The van der Waals surface area contributed by atoms with Gasteiger partial charge in [0.2, 0.25) is 0 Å². The number of aromatic hydroxyl groups is 1. The van der Waals surface area contributed by atoms with Crippen molar-refractivity contribution in [1.82, 2.24) is 5.32 Å². The standard InChI is InChI=1S/C17H28N2O2/c1-4-18-12(2)14-10-9-13(11-17(14)21)19(3)15-7-5-6-8-16(15)20/h9-12,15-16,18,20-21H,4-8H2,1-3H3. The number of anilines is 1. The molecule has 2 rings (SSSR count). The lowest BCUT2D eigenvalue weighted by molar-refractivity contribution is 0.106. The minimum Gasteiger partial charge on any atom is -0.508 e. The third kappa shape index (κ3) is 3.69. The predicted octanol–water partition coefficient (Wildman–Crippen LogP) is 2.80. The molecule has 4 heteroatoms. The summed E-state index contributed by atoms with van der Waals surface area (Å²) in [7, 11) is 2.00. The molecule has 4 nitrogen and oxygen atoms in total. The van der Waals surface area contributed by atoms with E-state index in [1.807, 2.05) is 32.2 Å². The number of hydrogen-bond donors (Lipinski definition) is 3. The van der Waals surface area contributed by atoms with Gasteiger partial charge in [0, 0.05) is 30.4 Å². The average Bonchev–Trinajstić information content (AvgIpc) is 2.47. The van der Waals surface area contributed by atoms with E-state index in [0.29, 0.717) is 5.75 Å². The van der Waals surface area contributed by atoms with Gasteiger partial charge in [-0.15, -0.1) is 0 Å². The van der Waals surface area contributed by atoms with Gasteiger partial charge >= 0.3 is 0 Å². The normalized spacial score (nSPS) is 23.8. The molecule has 0 heterocycles. The number of nitrogens with one attached hydrogen (secondary N) is 1. The minimum atomic E-state index is -0.272. The second-order valence-electron chi connectivity index (χ2n) is 6.05. The molecule has 3 N–H and O–H groups in total. The molecule has 118 valence electrons. The van der Waals surface area contributed by atoms with E-state index in [-0.39, 0.29) is 18.2 Å². The van der Waals surface area contributed by atoms with Crippen molar-refractivity contribution in [1.29, 1.82) is 0 Å². The van der Waals surface area contributed by atoms with Crippen molar-refractivity contribution < 1.29 is 10.2 Å². The number of aliphatic hydroxyl groups excluding tert-OH is 1. The topological polar surface area (TPSA) is 55.7 Å². The molecular weight excluding hydrogens is 264 g/mol. The number of aliphatic hydroxyl groups is 1. The van der Waals surface area contributed by atoms with E-state index in [0.717, 1.165) is 43.5 Å². The Bertz CT molecular complexity index is 464. The van der Waals surface area contributed by atoms with Crippen LogP contribution < -0.4 is 10.2 Å². The van der Waals surface area contributed by atoms with Gasteiger partial charge in [-0.1, -0.05) is 25.8 Å². The lowest BCUT2D eigenvalue weighted by Crippen LogP contribution is -2.43. The van der Waals surface area contributed by atoms with Crippen LogP contribution in [0.15, 0.2) is 18.2 Å². The molecule has 1 aliphatic carbocycles. The number of phenolic OH excluding ortho intramolecular Hbond substituents is 1. The summed E-state index contributed by atoms with van der Waals surface area (Å²) in [4.78, 5) is 2.10. The molecule has 1 aromatic carbocycles. The maximum atomic E-state index is 10.3. The van der Waals surface area contributed by atoms with Crippen LogP contribution in [-0.2, 0) is 0 Å². The van der Waals surface area contributed by atoms with E-state index < -0.39 is 0 Å². The zero-order valence-electron chi connectivity index (χ0n) is 13.3. The molecule has 1 saturated carbocycles. The Morgan fingerprint density at radius 1 is 1.33 bits per heavy atom. The van der Waals surface area contributed by atoms with Gasteiger partial charge in [-0.25, -0.2) is 0 Å². The molecule has 0 bridgehead atoms. The minimum absolute atomic E-state index is 0.134. The van der Waals surface area contributed by atoms with Gasteiger partial charge in [0.05, 0.1) is 12.1 Å². The molecule has 1 aliphatic rings. The van der Waals surface area contributed by atoms with Crippen molar-refractivity contribution in [2.24, 2.45) is 0 Å². The van der Waals surface area contributed by atoms with E-state index in [1.165, 1.54) is 0 Å². The van der Waals surface area contributed by atoms with Crippen LogP contribution in [0.1, 0.15) is 51.1 Å². The third-order valence-electron chi connectivity index (χ3n) is 4.59. The number of likely N-dealkylation sites (N-methyl/N-ethyl adjacent to an activating group) is 1. The molecule has 0 aliphatic heterocycles. The molecule has 0 amide bonds. The first-order valence-electron chi connectivity index (χ1n) is 8.01. The highest BCUT2D eigenvalue weighted by Gasteiger charge is 2.27. The van der Waals surface area contributed by atoms with Crippen molar-refractivity contribution in [2.75, 3.05) is 18.5 Å². The maximum Gasteiger partial charge on any atom is 0.122 e. The average molecular weight is 292 g/mol.